The highest BCUT2D eigenvalue weighted by molar-refractivity contribution is 14.0. The van der Waals surface area contributed by atoms with Gasteiger partial charge in [0.1, 0.15) is 0 Å². The van der Waals surface area contributed by atoms with Crippen LogP contribution in [0.4, 0.5) is 13.2 Å². The van der Waals surface area contributed by atoms with Crippen molar-refractivity contribution in [2.45, 2.75) is 57.2 Å². The van der Waals surface area contributed by atoms with Gasteiger partial charge in [-0.1, -0.05) is 19.3 Å². The van der Waals surface area contributed by atoms with E-state index in [0.717, 1.165) is 51.8 Å². The van der Waals surface area contributed by atoms with Gasteiger partial charge in [0.15, 0.2) is 5.96 Å². The number of ether oxygens (including phenoxy) is 1. The second-order valence-corrected chi connectivity index (χ2v) is 8.97. The molecule has 0 spiro atoms. The molecule has 1 unspecified atom stereocenters. The largest absolute Gasteiger partial charge is 0.401 e. The Kier molecular flexibility index (Phi) is 11.1. The summed E-state index contributed by atoms with van der Waals surface area (Å²) < 4.78 is 43.4. The quantitative estimate of drug-likeness (QED) is 0.285. The molecule has 0 amide bonds. The van der Waals surface area contributed by atoms with Crippen LogP contribution in [0.2, 0.25) is 0 Å². The first kappa shape index (κ1) is 26.9. The third kappa shape index (κ3) is 8.51. The lowest BCUT2D eigenvalue weighted by molar-refractivity contribution is -0.143. The number of hydrogen-bond donors (Lipinski definition) is 2. The molecule has 2 aliphatic heterocycles. The predicted octanol–water partition coefficient (Wildman–Crippen LogP) is 3.08. The van der Waals surface area contributed by atoms with Gasteiger partial charge in [-0.2, -0.15) is 13.2 Å². The lowest BCUT2D eigenvalue weighted by atomic mass is 9.80. The van der Waals surface area contributed by atoms with Crippen molar-refractivity contribution in [2.24, 2.45) is 10.9 Å². The average Bonchev–Trinajstić information content (AvgIpc) is 3.17. The van der Waals surface area contributed by atoms with E-state index in [2.05, 4.69) is 15.5 Å². The Bertz CT molecular complexity index is 552. The first-order chi connectivity index (χ1) is 14.4. The Morgan fingerprint density at radius 3 is 2.45 bits per heavy atom. The van der Waals surface area contributed by atoms with E-state index in [9.17, 15) is 13.2 Å². The second kappa shape index (κ2) is 12.8. The van der Waals surface area contributed by atoms with Gasteiger partial charge in [0.2, 0.25) is 0 Å². The van der Waals surface area contributed by atoms with E-state index < -0.39 is 12.7 Å². The van der Waals surface area contributed by atoms with E-state index in [4.69, 9.17) is 9.73 Å². The van der Waals surface area contributed by atoms with Gasteiger partial charge in [0.25, 0.3) is 0 Å². The molecule has 0 aromatic carbocycles. The minimum absolute atomic E-state index is 0. The molecule has 0 radical (unpaired) electrons. The zero-order valence-electron chi connectivity index (χ0n) is 18.7. The van der Waals surface area contributed by atoms with Crippen LogP contribution in [-0.2, 0) is 4.74 Å². The Hall–Kier alpha value is -0.330. The lowest BCUT2D eigenvalue weighted by Gasteiger charge is -2.47. The summed E-state index contributed by atoms with van der Waals surface area (Å²) in [4.78, 5) is 9.03. The van der Waals surface area contributed by atoms with E-state index >= 15 is 0 Å². The van der Waals surface area contributed by atoms with Gasteiger partial charge in [-0.15, -0.1) is 24.0 Å². The average molecular weight is 561 g/mol. The number of alkyl halides is 3. The summed E-state index contributed by atoms with van der Waals surface area (Å²) >= 11 is 0. The Morgan fingerprint density at radius 1 is 1.10 bits per heavy atom. The summed E-state index contributed by atoms with van der Waals surface area (Å²) in [6.07, 6.45) is 2.80. The number of likely N-dealkylation sites (tertiary alicyclic amines) is 1. The number of aliphatic imine (C=N–C) groups is 1. The topological polar surface area (TPSA) is 52.1 Å². The van der Waals surface area contributed by atoms with Crippen molar-refractivity contribution in [1.82, 2.24) is 20.4 Å². The highest BCUT2D eigenvalue weighted by Gasteiger charge is 2.38. The van der Waals surface area contributed by atoms with Crippen molar-refractivity contribution in [2.75, 3.05) is 65.6 Å². The molecule has 3 rings (SSSR count). The smallest absolute Gasteiger partial charge is 0.379 e. The highest BCUT2D eigenvalue weighted by atomic mass is 127. The van der Waals surface area contributed by atoms with E-state index in [-0.39, 0.29) is 35.4 Å². The van der Waals surface area contributed by atoms with Gasteiger partial charge in [-0.3, -0.25) is 14.8 Å². The van der Waals surface area contributed by atoms with Crippen LogP contribution in [0.25, 0.3) is 0 Å². The molecular formula is C21H39F3IN5O. The van der Waals surface area contributed by atoms with E-state index in [0.29, 0.717) is 19.6 Å². The summed E-state index contributed by atoms with van der Waals surface area (Å²) in [5.41, 5.74) is 0.112. The van der Waals surface area contributed by atoms with Crippen LogP contribution in [0.3, 0.4) is 0 Å². The molecule has 10 heteroatoms. The molecule has 1 saturated carbocycles. The first-order valence-electron chi connectivity index (χ1n) is 11.5. The zero-order chi connectivity index (χ0) is 21.5. The van der Waals surface area contributed by atoms with Crippen LogP contribution in [0.1, 0.15) is 45.4 Å². The third-order valence-corrected chi connectivity index (χ3v) is 6.67. The Balaban J connectivity index is 0.00000341. The highest BCUT2D eigenvalue weighted by Crippen LogP contribution is 2.34. The number of rotatable bonds is 7. The van der Waals surface area contributed by atoms with Gasteiger partial charge in [0, 0.05) is 38.3 Å². The number of guanidine groups is 1. The maximum atomic E-state index is 12.6. The molecular weight excluding hydrogens is 522 g/mol. The summed E-state index contributed by atoms with van der Waals surface area (Å²) in [6.45, 7) is 7.94. The van der Waals surface area contributed by atoms with E-state index in [1.54, 1.807) is 0 Å². The molecule has 2 N–H and O–H groups in total. The number of nitrogens with one attached hydrogen (secondary N) is 2. The number of halogens is 4. The summed E-state index contributed by atoms with van der Waals surface area (Å²) in [7, 11) is 0. The molecule has 0 aromatic heterocycles. The normalized spacial score (nSPS) is 25.8. The van der Waals surface area contributed by atoms with Gasteiger partial charge in [0.05, 0.1) is 26.3 Å². The zero-order valence-corrected chi connectivity index (χ0v) is 21.0. The molecule has 0 bridgehead atoms. The van der Waals surface area contributed by atoms with Crippen LogP contribution >= 0.6 is 24.0 Å². The number of morpholine rings is 1. The van der Waals surface area contributed by atoms with Crippen molar-refractivity contribution in [3.63, 3.8) is 0 Å². The molecule has 6 nitrogen and oxygen atoms in total. The van der Waals surface area contributed by atoms with Gasteiger partial charge < -0.3 is 15.4 Å². The minimum Gasteiger partial charge on any atom is -0.379 e. The minimum atomic E-state index is -4.12. The molecule has 2 saturated heterocycles. The molecule has 3 fully saturated rings. The number of nitrogens with zero attached hydrogens (tertiary/aromatic N) is 3. The van der Waals surface area contributed by atoms with Crippen LogP contribution in [-0.4, -0.2) is 93.0 Å². The van der Waals surface area contributed by atoms with E-state index in [1.165, 1.54) is 37.0 Å². The second-order valence-electron chi connectivity index (χ2n) is 8.97. The number of hydrogen-bond acceptors (Lipinski definition) is 4. The fraction of sp³-hybridized carbons (Fsp3) is 0.952. The summed E-state index contributed by atoms with van der Waals surface area (Å²) in [5, 5.41) is 6.71. The fourth-order valence-corrected chi connectivity index (χ4v) is 5.11. The Labute approximate surface area is 201 Å². The molecule has 1 aliphatic carbocycles. The SMILES string of the molecule is CCNC(=NCC1(N2CCOCC2)CCCCC1)NCC1CCN(CC(F)(F)F)C1.I. The Morgan fingerprint density at radius 2 is 1.81 bits per heavy atom. The van der Waals surface area contributed by atoms with Crippen LogP contribution in [0.15, 0.2) is 4.99 Å². The first-order valence-corrected chi connectivity index (χ1v) is 11.5. The van der Waals surface area contributed by atoms with Gasteiger partial charge >= 0.3 is 6.18 Å². The van der Waals surface area contributed by atoms with Crippen LogP contribution < -0.4 is 10.6 Å². The molecule has 182 valence electrons. The summed E-state index contributed by atoms with van der Waals surface area (Å²) in [6, 6.07) is 0. The maximum Gasteiger partial charge on any atom is 0.401 e. The van der Waals surface area contributed by atoms with Crippen molar-refractivity contribution in [1.29, 1.82) is 0 Å². The van der Waals surface area contributed by atoms with Crippen molar-refractivity contribution < 1.29 is 17.9 Å². The molecule has 0 aromatic rings. The van der Waals surface area contributed by atoms with Crippen LogP contribution in [0, 0.1) is 5.92 Å². The van der Waals surface area contributed by atoms with Crippen molar-refractivity contribution in [3.05, 3.63) is 0 Å². The monoisotopic (exact) mass is 561 g/mol. The van der Waals surface area contributed by atoms with Crippen molar-refractivity contribution >= 4 is 29.9 Å². The molecule has 2 heterocycles. The predicted molar refractivity (Wildman–Crippen MR) is 128 cm³/mol. The fourth-order valence-electron chi connectivity index (χ4n) is 5.11. The molecule has 1 atom stereocenters. The lowest BCUT2D eigenvalue weighted by Crippen LogP contribution is -2.56. The molecule has 31 heavy (non-hydrogen) atoms. The summed E-state index contributed by atoms with van der Waals surface area (Å²) in [5.74, 6) is 1.00. The molecule has 3 aliphatic rings. The van der Waals surface area contributed by atoms with Crippen molar-refractivity contribution in [3.8, 4) is 0 Å². The third-order valence-electron chi connectivity index (χ3n) is 6.67. The van der Waals surface area contributed by atoms with Crippen LogP contribution in [0.5, 0.6) is 0 Å². The maximum absolute atomic E-state index is 12.6. The standard InChI is InChI=1S/C21H38F3N5O.HI/c1-2-25-19(26-14-18-6-9-28(15-18)17-21(22,23)24)27-16-20(7-4-3-5-8-20)29-10-12-30-13-11-29;/h18H,2-17H2,1H3,(H2,25,26,27);1H. The van der Waals surface area contributed by atoms with Gasteiger partial charge in [-0.25, -0.2) is 0 Å². The van der Waals surface area contributed by atoms with Gasteiger partial charge in [-0.05, 0) is 38.6 Å². The van der Waals surface area contributed by atoms with E-state index in [1.807, 2.05) is 6.92 Å².